The maximum atomic E-state index is 14.2. The van der Waals surface area contributed by atoms with Crippen molar-refractivity contribution in [1.82, 2.24) is 20.9 Å². The minimum Gasteiger partial charge on any atom is -0.496 e. The molecule has 35 heavy (non-hydrogen) atoms. The number of fused-ring (bicyclic) bond motifs is 1. The maximum Gasteiger partial charge on any atom is 0.268 e. The highest BCUT2D eigenvalue weighted by Crippen LogP contribution is 2.34. The van der Waals surface area contributed by atoms with Gasteiger partial charge in [-0.1, -0.05) is 12.8 Å². The Labute approximate surface area is 201 Å². The number of nitrogens with two attached hydrogens (primary N) is 1. The van der Waals surface area contributed by atoms with Gasteiger partial charge in [-0.25, -0.2) is 4.39 Å². The lowest BCUT2D eigenvalue weighted by atomic mass is 9.91. The number of aromatic amines is 1. The van der Waals surface area contributed by atoms with Gasteiger partial charge in [0, 0.05) is 17.8 Å². The van der Waals surface area contributed by atoms with E-state index < -0.39 is 41.5 Å². The monoisotopic (exact) mass is 487 g/mol. The van der Waals surface area contributed by atoms with Gasteiger partial charge in [0.05, 0.1) is 12.6 Å². The molecule has 2 aromatic rings. The molecule has 1 aliphatic heterocycles. The number of aromatic nitrogens is 1. The van der Waals surface area contributed by atoms with Crippen molar-refractivity contribution in [2.75, 3.05) is 13.7 Å². The zero-order valence-corrected chi connectivity index (χ0v) is 19.5. The number of primary amides is 1. The predicted octanol–water partition coefficient (Wildman–Crippen LogP) is 1.10. The topological polar surface area (TPSA) is 155 Å². The summed E-state index contributed by atoms with van der Waals surface area (Å²) in [6.07, 6.45) is 3.76. The Morgan fingerprint density at radius 1 is 1.17 bits per heavy atom. The van der Waals surface area contributed by atoms with Crippen LogP contribution in [0.5, 0.6) is 5.75 Å². The lowest BCUT2D eigenvalue weighted by Crippen LogP contribution is -2.54. The SMILES string of the molecule is COc1ccc(F)c2[nH]c(C(=O)NC(CC3CC3)C(=O)NC(C[C@@H]3CCCNC3=O)C(N)=O)cc12. The van der Waals surface area contributed by atoms with Crippen molar-refractivity contribution in [2.24, 2.45) is 17.6 Å². The van der Waals surface area contributed by atoms with Crippen LogP contribution in [-0.4, -0.2) is 54.4 Å². The second-order valence-electron chi connectivity index (χ2n) is 9.26. The summed E-state index contributed by atoms with van der Waals surface area (Å²) in [4.78, 5) is 53.0. The minimum absolute atomic E-state index is 0.0716. The molecule has 4 rings (SSSR count). The Balaban J connectivity index is 1.48. The van der Waals surface area contributed by atoms with Crippen LogP contribution >= 0.6 is 0 Å². The van der Waals surface area contributed by atoms with Gasteiger partial charge in [-0.15, -0.1) is 0 Å². The van der Waals surface area contributed by atoms with Gasteiger partial charge in [0.15, 0.2) is 0 Å². The van der Waals surface area contributed by atoms with Crippen LogP contribution in [0.4, 0.5) is 4.39 Å². The number of piperidine rings is 1. The summed E-state index contributed by atoms with van der Waals surface area (Å²) in [5.41, 5.74) is 5.71. The van der Waals surface area contributed by atoms with Crippen molar-refractivity contribution >= 4 is 34.5 Å². The molecule has 2 heterocycles. The van der Waals surface area contributed by atoms with Crippen LogP contribution in [-0.2, 0) is 14.4 Å². The molecule has 4 amide bonds. The number of hydrogen-bond donors (Lipinski definition) is 5. The van der Waals surface area contributed by atoms with E-state index in [2.05, 4.69) is 20.9 Å². The Bertz CT molecular complexity index is 1140. The highest BCUT2D eigenvalue weighted by Gasteiger charge is 2.34. The molecule has 0 spiro atoms. The van der Waals surface area contributed by atoms with Crippen molar-refractivity contribution in [1.29, 1.82) is 0 Å². The first kappa shape index (κ1) is 24.5. The molecule has 1 aromatic heterocycles. The Kier molecular flexibility index (Phi) is 7.23. The molecule has 1 aromatic carbocycles. The molecule has 2 fully saturated rings. The number of amides is 4. The summed E-state index contributed by atoms with van der Waals surface area (Å²) in [6, 6.07) is 2.20. The summed E-state index contributed by atoms with van der Waals surface area (Å²) in [5, 5.41) is 8.49. The maximum absolute atomic E-state index is 14.2. The first-order valence-electron chi connectivity index (χ1n) is 11.8. The predicted molar refractivity (Wildman–Crippen MR) is 125 cm³/mol. The van der Waals surface area contributed by atoms with Crippen LogP contribution in [0.25, 0.3) is 10.9 Å². The molecular weight excluding hydrogens is 457 g/mol. The number of rotatable bonds is 10. The third-order valence-electron chi connectivity index (χ3n) is 6.63. The Hall–Kier alpha value is -3.63. The number of halogens is 1. The number of carbonyl (C=O) groups is 4. The third kappa shape index (κ3) is 5.72. The van der Waals surface area contributed by atoms with E-state index in [1.165, 1.54) is 25.3 Å². The van der Waals surface area contributed by atoms with Crippen LogP contribution in [0.15, 0.2) is 18.2 Å². The van der Waals surface area contributed by atoms with Gasteiger partial charge in [-0.05, 0) is 49.8 Å². The largest absolute Gasteiger partial charge is 0.496 e. The van der Waals surface area contributed by atoms with Gasteiger partial charge in [0.2, 0.25) is 17.7 Å². The zero-order valence-electron chi connectivity index (χ0n) is 19.5. The molecule has 1 saturated carbocycles. The van der Waals surface area contributed by atoms with Crippen LogP contribution in [0.2, 0.25) is 0 Å². The first-order chi connectivity index (χ1) is 16.8. The number of methoxy groups -OCH3 is 1. The number of benzene rings is 1. The molecule has 2 unspecified atom stereocenters. The van der Waals surface area contributed by atoms with Crippen LogP contribution < -0.4 is 26.4 Å². The second kappa shape index (κ2) is 10.3. The van der Waals surface area contributed by atoms with Gasteiger partial charge in [0.25, 0.3) is 5.91 Å². The van der Waals surface area contributed by atoms with E-state index in [0.717, 1.165) is 19.3 Å². The second-order valence-corrected chi connectivity index (χ2v) is 9.26. The number of ether oxygens (including phenoxy) is 1. The average Bonchev–Trinajstić information content (AvgIpc) is 3.53. The van der Waals surface area contributed by atoms with E-state index in [1.54, 1.807) is 0 Å². The standard InChI is InChI=1S/C24H30FN5O5/c1-35-19-7-6-15(25)20-14(19)11-18(28-20)24(34)30-17(9-12-4-5-12)23(33)29-16(21(26)31)10-13-3-2-8-27-22(13)32/h6-7,11-13,16-17,28H,2-5,8-10H2,1H3,(H2,26,31)(H,27,32)(H,29,33)(H,30,34)/t13-,16?,17?/m0/s1. The third-order valence-corrected chi connectivity index (χ3v) is 6.63. The minimum atomic E-state index is -1.04. The number of H-pyrrole nitrogens is 1. The number of hydrogen-bond acceptors (Lipinski definition) is 5. The molecule has 3 atom stereocenters. The Morgan fingerprint density at radius 3 is 2.60 bits per heavy atom. The molecule has 10 nitrogen and oxygen atoms in total. The van der Waals surface area contributed by atoms with Gasteiger partial charge < -0.3 is 31.4 Å². The van der Waals surface area contributed by atoms with Gasteiger partial charge in [0.1, 0.15) is 29.3 Å². The van der Waals surface area contributed by atoms with Gasteiger partial charge in [-0.2, -0.15) is 0 Å². The van der Waals surface area contributed by atoms with Crippen molar-refractivity contribution in [3.8, 4) is 5.75 Å². The van der Waals surface area contributed by atoms with E-state index in [4.69, 9.17) is 10.5 Å². The molecule has 188 valence electrons. The lowest BCUT2D eigenvalue weighted by Gasteiger charge is -2.27. The summed E-state index contributed by atoms with van der Waals surface area (Å²) >= 11 is 0. The molecule has 0 radical (unpaired) electrons. The molecule has 1 saturated heterocycles. The Morgan fingerprint density at radius 2 is 1.94 bits per heavy atom. The van der Waals surface area contributed by atoms with E-state index >= 15 is 0 Å². The molecule has 0 bridgehead atoms. The summed E-state index contributed by atoms with van der Waals surface area (Å²) < 4.78 is 19.5. The van der Waals surface area contributed by atoms with Crippen molar-refractivity contribution < 1.29 is 28.3 Å². The van der Waals surface area contributed by atoms with Crippen LogP contribution in [0, 0.1) is 17.7 Å². The number of nitrogens with one attached hydrogen (secondary N) is 4. The van der Waals surface area contributed by atoms with Gasteiger partial charge >= 0.3 is 0 Å². The first-order valence-corrected chi connectivity index (χ1v) is 11.8. The molecule has 2 aliphatic rings. The van der Waals surface area contributed by atoms with Crippen LogP contribution in [0.1, 0.15) is 49.0 Å². The fraction of sp³-hybridized carbons (Fsp3) is 0.500. The van der Waals surface area contributed by atoms with E-state index in [0.29, 0.717) is 30.5 Å². The van der Waals surface area contributed by atoms with E-state index in [1.807, 2.05) is 0 Å². The zero-order chi connectivity index (χ0) is 25.1. The fourth-order valence-corrected chi connectivity index (χ4v) is 4.48. The summed E-state index contributed by atoms with van der Waals surface area (Å²) in [7, 11) is 1.45. The molecule has 1 aliphatic carbocycles. The molecule has 6 N–H and O–H groups in total. The van der Waals surface area contributed by atoms with Crippen molar-refractivity contribution in [3.05, 3.63) is 29.7 Å². The highest BCUT2D eigenvalue weighted by atomic mass is 19.1. The molecule has 11 heteroatoms. The lowest BCUT2D eigenvalue weighted by molar-refractivity contribution is -0.131. The fourth-order valence-electron chi connectivity index (χ4n) is 4.48. The summed E-state index contributed by atoms with van der Waals surface area (Å²) in [5.74, 6) is -2.33. The number of carbonyl (C=O) groups excluding carboxylic acids is 4. The highest BCUT2D eigenvalue weighted by molar-refractivity contribution is 6.02. The van der Waals surface area contributed by atoms with Crippen molar-refractivity contribution in [2.45, 2.75) is 50.6 Å². The van der Waals surface area contributed by atoms with Gasteiger partial charge in [-0.3, -0.25) is 19.2 Å². The normalized spacial score (nSPS) is 19.5. The van der Waals surface area contributed by atoms with Crippen LogP contribution in [0.3, 0.4) is 0 Å². The molecular formula is C24H30FN5O5. The quantitative estimate of drug-likeness (QED) is 0.339. The van der Waals surface area contributed by atoms with E-state index in [9.17, 15) is 23.6 Å². The summed E-state index contributed by atoms with van der Waals surface area (Å²) in [6.45, 7) is 0.585. The van der Waals surface area contributed by atoms with Crippen molar-refractivity contribution in [3.63, 3.8) is 0 Å². The average molecular weight is 488 g/mol. The van der Waals surface area contributed by atoms with E-state index in [-0.39, 0.29) is 29.5 Å². The smallest absolute Gasteiger partial charge is 0.268 e.